The van der Waals surface area contributed by atoms with Gasteiger partial charge in [0, 0.05) is 24.6 Å². The van der Waals surface area contributed by atoms with Gasteiger partial charge in [-0.3, -0.25) is 9.36 Å². The molecule has 9 nitrogen and oxygen atoms in total. The molecule has 0 atom stereocenters. The topological polar surface area (TPSA) is 123 Å². The van der Waals surface area contributed by atoms with E-state index < -0.39 is 12.0 Å². The molecule has 10 heteroatoms. The number of aromatic nitrogens is 2. The number of fused-ring (bicyclic) bond motifs is 1. The first-order chi connectivity index (χ1) is 14.0. The summed E-state index contributed by atoms with van der Waals surface area (Å²) in [6.07, 6.45) is 0.408. The Morgan fingerprint density at radius 2 is 2.14 bits per heavy atom. The second-order valence-corrected chi connectivity index (χ2v) is 7.16. The molecule has 0 saturated heterocycles. The largest absolute Gasteiger partial charge is 0.463 e. The smallest absolute Gasteiger partial charge is 0.337 e. The number of rotatable bonds is 8. The van der Waals surface area contributed by atoms with Gasteiger partial charge in [0.25, 0.3) is 5.56 Å². The molecule has 154 valence electrons. The van der Waals surface area contributed by atoms with Crippen LogP contribution in [0.25, 0.3) is 10.9 Å². The van der Waals surface area contributed by atoms with E-state index in [4.69, 9.17) is 4.74 Å². The molecule has 3 rings (SSSR count). The van der Waals surface area contributed by atoms with Crippen molar-refractivity contribution < 1.29 is 19.4 Å². The van der Waals surface area contributed by atoms with Gasteiger partial charge in [0.15, 0.2) is 5.16 Å². The zero-order chi connectivity index (χ0) is 20.8. The Balaban J connectivity index is 1.94. The fourth-order valence-corrected chi connectivity index (χ4v) is 3.90. The van der Waals surface area contributed by atoms with Crippen molar-refractivity contribution in [3.8, 4) is 0 Å². The van der Waals surface area contributed by atoms with Gasteiger partial charge in [-0.25, -0.2) is 14.6 Å². The number of urea groups is 1. The average Bonchev–Trinajstić information content (AvgIpc) is 2.72. The van der Waals surface area contributed by atoms with E-state index >= 15 is 0 Å². The lowest BCUT2D eigenvalue weighted by Crippen LogP contribution is -2.44. The molecule has 1 aliphatic rings. The van der Waals surface area contributed by atoms with E-state index in [0.717, 1.165) is 0 Å². The Morgan fingerprint density at radius 3 is 2.90 bits per heavy atom. The Hall–Kier alpha value is -2.85. The van der Waals surface area contributed by atoms with Crippen LogP contribution in [0.5, 0.6) is 0 Å². The summed E-state index contributed by atoms with van der Waals surface area (Å²) >= 11 is 1.24. The molecule has 0 saturated carbocycles. The molecule has 1 aliphatic heterocycles. The second kappa shape index (κ2) is 9.57. The van der Waals surface area contributed by atoms with Crippen molar-refractivity contribution in [2.45, 2.75) is 25.0 Å². The molecular weight excluding hydrogens is 396 g/mol. The van der Waals surface area contributed by atoms with Crippen LogP contribution < -0.4 is 16.2 Å². The number of hydrogen-bond donors (Lipinski definition) is 3. The minimum absolute atomic E-state index is 0.0523. The summed E-state index contributed by atoms with van der Waals surface area (Å²) < 4.78 is 6.57. The van der Waals surface area contributed by atoms with Gasteiger partial charge in [-0.05, 0) is 25.5 Å². The highest BCUT2D eigenvalue weighted by Crippen LogP contribution is 2.22. The van der Waals surface area contributed by atoms with Gasteiger partial charge >= 0.3 is 12.0 Å². The highest BCUT2D eigenvalue weighted by Gasteiger charge is 2.24. The molecule has 3 N–H and O–H groups in total. The molecule has 2 aromatic rings. The van der Waals surface area contributed by atoms with Crippen LogP contribution in [-0.4, -0.2) is 52.2 Å². The third kappa shape index (κ3) is 4.77. The molecule has 0 radical (unpaired) electrons. The Kier molecular flexibility index (Phi) is 6.89. The van der Waals surface area contributed by atoms with E-state index in [1.165, 1.54) is 16.3 Å². The van der Waals surface area contributed by atoms with Crippen LogP contribution in [0.4, 0.5) is 4.79 Å². The van der Waals surface area contributed by atoms with Crippen molar-refractivity contribution in [1.82, 2.24) is 20.2 Å². The predicted octanol–water partition coefficient (Wildman–Crippen LogP) is 1.00. The van der Waals surface area contributed by atoms with Crippen LogP contribution in [-0.2, 0) is 16.1 Å². The van der Waals surface area contributed by atoms with E-state index in [2.05, 4.69) is 15.6 Å². The summed E-state index contributed by atoms with van der Waals surface area (Å²) in [6, 6.07) is 6.64. The summed E-state index contributed by atoms with van der Waals surface area (Å²) in [5, 5.41) is 15.3. The van der Waals surface area contributed by atoms with E-state index in [1.54, 1.807) is 31.2 Å². The number of thioether (sulfide) groups is 1. The lowest BCUT2D eigenvalue weighted by Gasteiger charge is -2.21. The Labute approximate surface area is 171 Å². The number of ether oxygens (including phenoxy) is 1. The first kappa shape index (κ1) is 20.9. The first-order valence-electron chi connectivity index (χ1n) is 9.22. The number of carbonyl (C=O) groups excluding carboxylic acids is 2. The van der Waals surface area contributed by atoms with Crippen LogP contribution in [0.3, 0.4) is 0 Å². The lowest BCUT2D eigenvalue weighted by atomic mass is 10.2. The minimum Gasteiger partial charge on any atom is -0.463 e. The second-order valence-electron chi connectivity index (χ2n) is 6.22. The highest BCUT2D eigenvalue weighted by molar-refractivity contribution is 7.99. The number of esters is 1. The number of para-hydroxylation sites is 1. The van der Waals surface area contributed by atoms with Gasteiger partial charge in [0.05, 0.1) is 29.6 Å². The third-order valence-electron chi connectivity index (χ3n) is 4.29. The number of carbonyl (C=O) groups is 2. The van der Waals surface area contributed by atoms with Crippen molar-refractivity contribution in [2.24, 2.45) is 0 Å². The number of hydrogen-bond acceptors (Lipinski definition) is 7. The zero-order valence-corrected chi connectivity index (χ0v) is 16.8. The molecule has 0 unspecified atom stereocenters. The molecule has 0 fully saturated rings. The van der Waals surface area contributed by atoms with E-state index in [1.807, 2.05) is 0 Å². The molecule has 2 amide bonds. The SMILES string of the molecule is CCOC(=O)C1=C(CSc2nc3ccccc3c(=O)n2CCCO)NC(=O)NC1. The number of aliphatic hydroxyl groups is 1. The van der Waals surface area contributed by atoms with Crippen LogP contribution in [0.15, 0.2) is 45.5 Å². The van der Waals surface area contributed by atoms with Crippen molar-refractivity contribution >= 4 is 34.7 Å². The fourth-order valence-electron chi connectivity index (χ4n) is 2.89. The van der Waals surface area contributed by atoms with Gasteiger partial charge in [-0.2, -0.15) is 0 Å². The molecule has 0 spiro atoms. The summed E-state index contributed by atoms with van der Waals surface area (Å²) in [5.41, 5.74) is 1.13. The van der Waals surface area contributed by atoms with Crippen molar-refractivity contribution in [3.63, 3.8) is 0 Å². The van der Waals surface area contributed by atoms with Crippen LogP contribution in [0.1, 0.15) is 13.3 Å². The molecule has 2 heterocycles. The Bertz CT molecular complexity index is 1020. The monoisotopic (exact) mass is 418 g/mol. The van der Waals surface area contributed by atoms with Crippen LogP contribution in [0.2, 0.25) is 0 Å². The van der Waals surface area contributed by atoms with Gasteiger partial charge in [0.2, 0.25) is 0 Å². The van der Waals surface area contributed by atoms with Gasteiger partial charge in [-0.1, -0.05) is 23.9 Å². The average molecular weight is 418 g/mol. The van der Waals surface area contributed by atoms with Crippen molar-refractivity contribution in [1.29, 1.82) is 0 Å². The van der Waals surface area contributed by atoms with Crippen molar-refractivity contribution in [2.75, 3.05) is 25.5 Å². The van der Waals surface area contributed by atoms with E-state index in [0.29, 0.717) is 40.3 Å². The van der Waals surface area contributed by atoms with Gasteiger partial charge in [0.1, 0.15) is 0 Å². The normalized spacial score (nSPS) is 13.9. The van der Waals surface area contributed by atoms with Crippen molar-refractivity contribution in [3.05, 3.63) is 45.9 Å². The third-order valence-corrected chi connectivity index (χ3v) is 5.29. The fraction of sp³-hybridized carbons (Fsp3) is 0.368. The maximum absolute atomic E-state index is 12.9. The summed E-state index contributed by atoms with van der Waals surface area (Å²) in [4.78, 5) is 41.4. The van der Waals surface area contributed by atoms with Crippen LogP contribution in [0, 0.1) is 0 Å². The summed E-state index contributed by atoms with van der Waals surface area (Å²) in [6.45, 7) is 2.27. The molecular formula is C19H22N4O5S. The number of amides is 2. The van der Waals surface area contributed by atoms with Crippen LogP contribution >= 0.6 is 11.8 Å². The van der Waals surface area contributed by atoms with Gasteiger partial charge < -0.3 is 20.5 Å². The Morgan fingerprint density at radius 1 is 1.34 bits per heavy atom. The standard InChI is InChI=1S/C19H22N4O5S/c1-2-28-17(26)13-10-20-18(27)21-15(13)11-29-19-22-14-7-4-3-6-12(14)16(25)23(19)8-5-9-24/h3-4,6-7,24H,2,5,8-11H2,1H3,(H2,20,21,27). The highest BCUT2D eigenvalue weighted by atomic mass is 32.2. The summed E-state index contributed by atoms with van der Waals surface area (Å²) in [5.74, 6) is -0.273. The number of nitrogens with zero attached hydrogens (tertiary/aromatic N) is 2. The molecule has 0 aliphatic carbocycles. The predicted molar refractivity (Wildman–Crippen MR) is 109 cm³/mol. The minimum atomic E-state index is -0.500. The quantitative estimate of drug-likeness (QED) is 0.332. The van der Waals surface area contributed by atoms with E-state index in [-0.39, 0.29) is 31.1 Å². The number of benzene rings is 1. The molecule has 0 bridgehead atoms. The summed E-state index contributed by atoms with van der Waals surface area (Å²) in [7, 11) is 0. The molecule has 1 aromatic heterocycles. The number of nitrogens with one attached hydrogen (secondary N) is 2. The maximum Gasteiger partial charge on any atom is 0.337 e. The molecule has 1 aromatic carbocycles. The van der Waals surface area contributed by atoms with Gasteiger partial charge in [-0.15, -0.1) is 0 Å². The molecule has 29 heavy (non-hydrogen) atoms. The number of aliphatic hydroxyl groups excluding tert-OH is 1. The lowest BCUT2D eigenvalue weighted by molar-refractivity contribution is -0.138. The van der Waals surface area contributed by atoms with E-state index in [9.17, 15) is 19.5 Å². The maximum atomic E-state index is 12.9. The zero-order valence-electron chi connectivity index (χ0n) is 15.9. The first-order valence-corrected chi connectivity index (χ1v) is 10.2.